The van der Waals surface area contributed by atoms with Crippen molar-refractivity contribution in [1.82, 2.24) is 20.7 Å². The van der Waals surface area contributed by atoms with Gasteiger partial charge in [-0.3, -0.25) is 30.1 Å². The van der Waals surface area contributed by atoms with Gasteiger partial charge in [0, 0.05) is 36.8 Å². The number of amides is 3. The lowest BCUT2D eigenvalue weighted by molar-refractivity contribution is -0.123. The molecule has 0 radical (unpaired) electrons. The number of carbonyl (C=O) groups is 3. The van der Waals surface area contributed by atoms with Crippen LogP contribution < -0.4 is 10.9 Å². The van der Waals surface area contributed by atoms with Gasteiger partial charge in [0.2, 0.25) is 0 Å². The number of hydrogen-bond acceptors (Lipinski definition) is 4. The fraction of sp³-hybridized carbons (Fsp3) is 0.250. The van der Waals surface area contributed by atoms with Crippen LogP contribution in [-0.4, -0.2) is 60.2 Å². The Morgan fingerprint density at radius 1 is 0.897 bits per heavy atom. The summed E-state index contributed by atoms with van der Waals surface area (Å²) in [5.41, 5.74) is 5.57. The van der Waals surface area contributed by atoms with Gasteiger partial charge >= 0.3 is 0 Å². The molecule has 0 spiro atoms. The number of benzene rings is 2. The second kappa shape index (κ2) is 9.73. The van der Waals surface area contributed by atoms with E-state index >= 15 is 0 Å². The monoisotopic (exact) mass is 434 g/mol. The molecule has 1 fully saturated rings. The molecule has 1 aliphatic heterocycles. The van der Waals surface area contributed by atoms with Gasteiger partial charge in [0.25, 0.3) is 17.7 Å². The van der Waals surface area contributed by atoms with Crippen LogP contribution in [0.4, 0.5) is 0 Å². The maximum absolute atomic E-state index is 12.5. The largest absolute Gasteiger partial charge is 0.336 e. The summed E-state index contributed by atoms with van der Waals surface area (Å²) < 4.78 is 0. The molecule has 2 aromatic carbocycles. The standard InChI is InChI=1S/C20H20Cl2N4O3/c21-15-5-3-4-14(12-15)20(29)26-10-8-25(9-11-26)13-18(27)23-24-19(28)16-6-1-2-7-17(16)22/h1-7,12H,8-11,13H2,(H,23,27)(H,24,28). The van der Waals surface area contributed by atoms with E-state index in [1.807, 2.05) is 4.90 Å². The van der Waals surface area contributed by atoms with Crippen LogP contribution in [0.15, 0.2) is 48.5 Å². The second-order valence-electron chi connectivity index (χ2n) is 6.56. The minimum atomic E-state index is -0.485. The molecule has 2 aromatic rings. The van der Waals surface area contributed by atoms with Crippen molar-refractivity contribution < 1.29 is 14.4 Å². The minimum Gasteiger partial charge on any atom is -0.336 e. The van der Waals surface area contributed by atoms with Gasteiger partial charge in [-0.05, 0) is 30.3 Å². The van der Waals surface area contributed by atoms with Crippen LogP contribution in [0.5, 0.6) is 0 Å². The highest BCUT2D eigenvalue weighted by molar-refractivity contribution is 6.33. The first-order chi connectivity index (χ1) is 13.9. The summed E-state index contributed by atoms with van der Waals surface area (Å²) >= 11 is 11.9. The predicted octanol–water partition coefficient (Wildman–Crippen LogP) is 2.21. The fourth-order valence-electron chi connectivity index (χ4n) is 2.99. The summed E-state index contributed by atoms with van der Waals surface area (Å²) in [7, 11) is 0. The van der Waals surface area contributed by atoms with E-state index < -0.39 is 5.91 Å². The molecule has 0 bridgehead atoms. The van der Waals surface area contributed by atoms with E-state index in [4.69, 9.17) is 23.2 Å². The number of hydrogen-bond donors (Lipinski definition) is 2. The van der Waals surface area contributed by atoms with E-state index in [0.717, 1.165) is 0 Å². The first kappa shape index (κ1) is 21.1. The molecular weight excluding hydrogens is 415 g/mol. The normalized spacial score (nSPS) is 14.3. The van der Waals surface area contributed by atoms with E-state index in [2.05, 4.69) is 10.9 Å². The molecule has 3 rings (SSSR count). The zero-order valence-corrected chi connectivity index (χ0v) is 17.0. The molecule has 0 saturated carbocycles. The number of hydrazine groups is 1. The third-order valence-corrected chi connectivity index (χ3v) is 5.10. The van der Waals surface area contributed by atoms with Crippen LogP contribution in [0.3, 0.4) is 0 Å². The van der Waals surface area contributed by atoms with Crippen molar-refractivity contribution in [2.45, 2.75) is 0 Å². The highest BCUT2D eigenvalue weighted by atomic mass is 35.5. The topological polar surface area (TPSA) is 81.8 Å². The molecule has 7 nitrogen and oxygen atoms in total. The zero-order valence-electron chi connectivity index (χ0n) is 15.5. The van der Waals surface area contributed by atoms with Crippen molar-refractivity contribution in [2.75, 3.05) is 32.7 Å². The fourth-order valence-corrected chi connectivity index (χ4v) is 3.41. The van der Waals surface area contributed by atoms with Crippen molar-refractivity contribution in [3.05, 3.63) is 69.7 Å². The predicted molar refractivity (Wildman–Crippen MR) is 111 cm³/mol. The van der Waals surface area contributed by atoms with Gasteiger partial charge in [0.15, 0.2) is 0 Å². The Hall–Kier alpha value is -2.61. The Kier molecular flexibility index (Phi) is 7.09. The van der Waals surface area contributed by atoms with E-state index in [1.165, 1.54) is 0 Å². The molecule has 3 amide bonds. The SMILES string of the molecule is O=C(CN1CCN(C(=O)c2cccc(Cl)c2)CC1)NNC(=O)c1ccccc1Cl. The molecule has 1 saturated heterocycles. The van der Waals surface area contributed by atoms with Gasteiger partial charge in [-0.15, -0.1) is 0 Å². The van der Waals surface area contributed by atoms with Gasteiger partial charge in [0.1, 0.15) is 0 Å². The number of piperazine rings is 1. The summed E-state index contributed by atoms with van der Waals surface area (Å²) in [5.74, 6) is -0.912. The lowest BCUT2D eigenvalue weighted by Crippen LogP contribution is -2.53. The summed E-state index contributed by atoms with van der Waals surface area (Å²) in [5, 5.41) is 0.824. The quantitative estimate of drug-likeness (QED) is 0.722. The molecule has 0 aromatic heterocycles. The van der Waals surface area contributed by atoms with Gasteiger partial charge in [-0.25, -0.2) is 0 Å². The van der Waals surface area contributed by atoms with Gasteiger partial charge in [-0.2, -0.15) is 0 Å². The Bertz CT molecular complexity index is 914. The molecule has 1 heterocycles. The Balaban J connectivity index is 1.43. The lowest BCUT2D eigenvalue weighted by atomic mass is 10.2. The van der Waals surface area contributed by atoms with Crippen molar-refractivity contribution >= 4 is 40.9 Å². The van der Waals surface area contributed by atoms with E-state index in [0.29, 0.717) is 41.8 Å². The number of nitrogens with one attached hydrogen (secondary N) is 2. The number of nitrogens with zero attached hydrogens (tertiary/aromatic N) is 2. The third-order valence-electron chi connectivity index (χ3n) is 4.53. The summed E-state index contributed by atoms with van der Waals surface area (Å²) in [6, 6.07) is 13.4. The van der Waals surface area contributed by atoms with Crippen LogP contribution in [0.25, 0.3) is 0 Å². The third kappa shape index (κ3) is 5.69. The van der Waals surface area contributed by atoms with Crippen molar-refractivity contribution in [3.8, 4) is 0 Å². The molecule has 0 aliphatic carbocycles. The molecule has 9 heteroatoms. The molecule has 152 valence electrons. The summed E-state index contributed by atoms with van der Waals surface area (Å²) in [6.45, 7) is 2.23. The molecular formula is C20H20Cl2N4O3. The summed E-state index contributed by atoms with van der Waals surface area (Å²) in [4.78, 5) is 40.4. The highest BCUT2D eigenvalue weighted by Crippen LogP contribution is 2.15. The highest BCUT2D eigenvalue weighted by Gasteiger charge is 2.23. The number of carbonyl (C=O) groups excluding carboxylic acids is 3. The van der Waals surface area contributed by atoms with Crippen molar-refractivity contribution in [1.29, 1.82) is 0 Å². The van der Waals surface area contributed by atoms with Crippen LogP contribution >= 0.6 is 23.2 Å². The molecule has 1 aliphatic rings. The molecule has 0 atom stereocenters. The average molecular weight is 435 g/mol. The zero-order chi connectivity index (χ0) is 20.8. The Labute approximate surface area is 178 Å². The van der Waals surface area contributed by atoms with Crippen LogP contribution in [0, 0.1) is 0 Å². The number of halogens is 2. The maximum atomic E-state index is 12.5. The maximum Gasteiger partial charge on any atom is 0.271 e. The van der Waals surface area contributed by atoms with Crippen LogP contribution in [-0.2, 0) is 4.79 Å². The van der Waals surface area contributed by atoms with Crippen LogP contribution in [0.1, 0.15) is 20.7 Å². The van der Waals surface area contributed by atoms with E-state index in [1.54, 1.807) is 53.4 Å². The second-order valence-corrected chi connectivity index (χ2v) is 7.40. The van der Waals surface area contributed by atoms with Crippen LogP contribution in [0.2, 0.25) is 10.0 Å². The smallest absolute Gasteiger partial charge is 0.271 e. The molecule has 0 unspecified atom stereocenters. The molecule has 29 heavy (non-hydrogen) atoms. The number of rotatable bonds is 4. The van der Waals surface area contributed by atoms with Gasteiger partial charge in [-0.1, -0.05) is 41.4 Å². The van der Waals surface area contributed by atoms with Gasteiger partial charge < -0.3 is 4.90 Å². The first-order valence-electron chi connectivity index (χ1n) is 9.05. The molecule has 2 N–H and O–H groups in total. The summed E-state index contributed by atoms with van der Waals surface area (Å²) in [6.07, 6.45) is 0. The first-order valence-corrected chi connectivity index (χ1v) is 9.80. The van der Waals surface area contributed by atoms with Crippen molar-refractivity contribution in [2.24, 2.45) is 0 Å². The minimum absolute atomic E-state index is 0.0800. The van der Waals surface area contributed by atoms with Crippen molar-refractivity contribution in [3.63, 3.8) is 0 Å². The van der Waals surface area contributed by atoms with Gasteiger partial charge in [0.05, 0.1) is 17.1 Å². The van der Waals surface area contributed by atoms with E-state index in [9.17, 15) is 14.4 Å². The Morgan fingerprint density at radius 3 is 2.31 bits per heavy atom. The lowest BCUT2D eigenvalue weighted by Gasteiger charge is -2.34. The Morgan fingerprint density at radius 2 is 1.62 bits per heavy atom. The average Bonchev–Trinajstić information content (AvgIpc) is 2.72. The van der Waals surface area contributed by atoms with E-state index in [-0.39, 0.29) is 23.9 Å².